The second-order valence-electron chi connectivity index (χ2n) is 5.89. The van der Waals surface area contributed by atoms with Crippen LogP contribution in [0.25, 0.3) is 0 Å². The van der Waals surface area contributed by atoms with Crippen LogP contribution in [-0.2, 0) is 0 Å². The Bertz CT molecular complexity index is 739. The van der Waals surface area contributed by atoms with Gasteiger partial charge in [0, 0.05) is 29.5 Å². The summed E-state index contributed by atoms with van der Waals surface area (Å²) in [5.74, 6) is 0.0314. The number of hydrogen-bond acceptors (Lipinski definition) is 3. The van der Waals surface area contributed by atoms with Crippen LogP contribution in [0.1, 0.15) is 28.8 Å². The van der Waals surface area contributed by atoms with Crippen molar-refractivity contribution in [2.45, 2.75) is 19.8 Å². The molecule has 1 aliphatic heterocycles. The molecule has 1 heterocycles. The van der Waals surface area contributed by atoms with Crippen molar-refractivity contribution in [3.63, 3.8) is 0 Å². The van der Waals surface area contributed by atoms with Gasteiger partial charge in [0.05, 0.1) is 11.3 Å². The van der Waals surface area contributed by atoms with Gasteiger partial charge in [0.25, 0.3) is 5.91 Å². The molecule has 3 rings (SSSR count). The molecule has 0 aliphatic carbocycles. The number of benzene rings is 2. The summed E-state index contributed by atoms with van der Waals surface area (Å²) >= 11 is 6.00. The average molecular weight is 330 g/mol. The third-order valence-corrected chi connectivity index (χ3v) is 4.36. The molecule has 0 unspecified atom stereocenters. The van der Waals surface area contributed by atoms with Crippen molar-refractivity contribution in [1.82, 2.24) is 4.90 Å². The second kappa shape index (κ2) is 6.50. The van der Waals surface area contributed by atoms with E-state index in [1.54, 1.807) is 12.1 Å². The molecule has 0 radical (unpaired) electrons. The number of anilines is 3. The van der Waals surface area contributed by atoms with Crippen molar-refractivity contribution in [1.29, 1.82) is 0 Å². The summed E-state index contributed by atoms with van der Waals surface area (Å²) in [6, 6.07) is 11.0. The van der Waals surface area contributed by atoms with E-state index in [2.05, 4.69) is 5.32 Å². The van der Waals surface area contributed by atoms with Gasteiger partial charge in [-0.1, -0.05) is 11.6 Å². The lowest BCUT2D eigenvalue weighted by molar-refractivity contribution is 0.0794. The van der Waals surface area contributed by atoms with Crippen molar-refractivity contribution < 1.29 is 4.79 Å². The molecule has 2 aromatic carbocycles. The molecule has 23 heavy (non-hydrogen) atoms. The number of nitrogens with zero attached hydrogens (tertiary/aromatic N) is 1. The number of rotatable bonds is 3. The average Bonchev–Trinajstić information content (AvgIpc) is 3.05. The quantitative estimate of drug-likeness (QED) is 0.829. The Morgan fingerprint density at radius 3 is 2.52 bits per heavy atom. The molecule has 0 saturated carbocycles. The lowest BCUT2D eigenvalue weighted by Crippen LogP contribution is -2.28. The molecule has 0 aromatic heterocycles. The molecule has 0 spiro atoms. The Labute approximate surface area is 141 Å². The topological polar surface area (TPSA) is 58.4 Å². The van der Waals surface area contributed by atoms with E-state index < -0.39 is 0 Å². The predicted octanol–water partition coefficient (Wildman–Crippen LogP) is 4.21. The standard InChI is InChI=1S/C18H20ClN3O/c1-12-10-13(19)4-6-16(12)21-17-7-5-14(20)11-15(17)18(23)22-8-2-3-9-22/h4-7,10-11,21H,2-3,8-9,20H2,1H3. The first-order valence-electron chi connectivity index (χ1n) is 7.76. The van der Waals surface area contributed by atoms with Crippen molar-refractivity contribution >= 4 is 34.6 Å². The molecule has 2 aromatic rings. The maximum absolute atomic E-state index is 12.8. The zero-order valence-electron chi connectivity index (χ0n) is 13.1. The van der Waals surface area contributed by atoms with Crippen LogP contribution in [0, 0.1) is 6.92 Å². The molecule has 1 fully saturated rings. The summed E-state index contributed by atoms with van der Waals surface area (Å²) in [5.41, 5.74) is 9.81. The molecule has 1 amide bonds. The number of nitrogen functional groups attached to an aromatic ring is 1. The number of nitrogens with one attached hydrogen (secondary N) is 1. The lowest BCUT2D eigenvalue weighted by Gasteiger charge is -2.19. The monoisotopic (exact) mass is 329 g/mol. The minimum Gasteiger partial charge on any atom is -0.399 e. The number of likely N-dealkylation sites (tertiary alicyclic amines) is 1. The highest BCUT2D eigenvalue weighted by Gasteiger charge is 2.22. The van der Waals surface area contributed by atoms with Gasteiger partial charge in [-0.25, -0.2) is 0 Å². The van der Waals surface area contributed by atoms with Gasteiger partial charge in [-0.05, 0) is 61.7 Å². The van der Waals surface area contributed by atoms with Gasteiger partial charge < -0.3 is 16.0 Å². The molecule has 4 nitrogen and oxygen atoms in total. The van der Waals surface area contributed by atoms with Gasteiger partial charge in [0.15, 0.2) is 0 Å². The van der Waals surface area contributed by atoms with E-state index in [-0.39, 0.29) is 5.91 Å². The number of aryl methyl sites for hydroxylation is 1. The van der Waals surface area contributed by atoms with Gasteiger partial charge >= 0.3 is 0 Å². The Kier molecular flexibility index (Phi) is 4.44. The Balaban J connectivity index is 1.93. The largest absolute Gasteiger partial charge is 0.399 e. The summed E-state index contributed by atoms with van der Waals surface area (Å²) in [5, 5.41) is 4.03. The third-order valence-electron chi connectivity index (χ3n) is 4.13. The fourth-order valence-corrected chi connectivity index (χ4v) is 3.08. The van der Waals surface area contributed by atoms with E-state index in [0.29, 0.717) is 16.3 Å². The zero-order valence-corrected chi connectivity index (χ0v) is 13.9. The summed E-state index contributed by atoms with van der Waals surface area (Å²) in [6.07, 6.45) is 2.13. The van der Waals surface area contributed by atoms with E-state index in [4.69, 9.17) is 17.3 Å². The number of amides is 1. The van der Waals surface area contributed by atoms with Gasteiger partial charge in [-0.2, -0.15) is 0 Å². The molecule has 0 atom stereocenters. The van der Waals surface area contributed by atoms with Crippen LogP contribution in [0.3, 0.4) is 0 Å². The van der Waals surface area contributed by atoms with Crippen molar-refractivity contribution in [2.24, 2.45) is 0 Å². The normalized spacial score (nSPS) is 14.1. The fourth-order valence-electron chi connectivity index (χ4n) is 2.85. The van der Waals surface area contributed by atoms with Crippen LogP contribution in [0.2, 0.25) is 5.02 Å². The van der Waals surface area contributed by atoms with Crippen LogP contribution >= 0.6 is 11.6 Å². The Morgan fingerprint density at radius 1 is 1.13 bits per heavy atom. The molecule has 1 saturated heterocycles. The van der Waals surface area contributed by atoms with Crippen LogP contribution in [0.15, 0.2) is 36.4 Å². The summed E-state index contributed by atoms with van der Waals surface area (Å²) < 4.78 is 0. The number of nitrogens with two attached hydrogens (primary N) is 1. The molecular formula is C18H20ClN3O. The molecule has 1 aliphatic rings. The predicted molar refractivity (Wildman–Crippen MR) is 95.5 cm³/mol. The summed E-state index contributed by atoms with van der Waals surface area (Å²) in [7, 11) is 0. The maximum Gasteiger partial charge on any atom is 0.256 e. The molecule has 3 N–H and O–H groups in total. The molecule has 5 heteroatoms. The smallest absolute Gasteiger partial charge is 0.256 e. The SMILES string of the molecule is Cc1cc(Cl)ccc1Nc1ccc(N)cc1C(=O)N1CCCC1. The fraction of sp³-hybridized carbons (Fsp3) is 0.278. The van der Waals surface area contributed by atoms with Gasteiger partial charge in [-0.3, -0.25) is 4.79 Å². The first-order valence-corrected chi connectivity index (χ1v) is 8.14. The second-order valence-corrected chi connectivity index (χ2v) is 6.33. The van der Waals surface area contributed by atoms with Crippen LogP contribution in [0.4, 0.5) is 17.1 Å². The van der Waals surface area contributed by atoms with Crippen LogP contribution in [-0.4, -0.2) is 23.9 Å². The van der Waals surface area contributed by atoms with E-state index >= 15 is 0 Å². The van der Waals surface area contributed by atoms with E-state index in [1.807, 2.05) is 36.1 Å². The molecular weight excluding hydrogens is 310 g/mol. The number of carbonyl (C=O) groups is 1. The minimum atomic E-state index is 0.0314. The van der Waals surface area contributed by atoms with E-state index in [9.17, 15) is 4.79 Å². The maximum atomic E-state index is 12.8. The van der Waals surface area contributed by atoms with Gasteiger partial charge in [-0.15, -0.1) is 0 Å². The highest BCUT2D eigenvalue weighted by atomic mass is 35.5. The van der Waals surface area contributed by atoms with E-state index in [1.165, 1.54) is 0 Å². The number of carbonyl (C=O) groups excluding carboxylic acids is 1. The van der Waals surface area contributed by atoms with E-state index in [0.717, 1.165) is 42.9 Å². The van der Waals surface area contributed by atoms with Crippen LogP contribution in [0.5, 0.6) is 0 Å². The number of hydrogen-bond donors (Lipinski definition) is 2. The highest BCUT2D eigenvalue weighted by molar-refractivity contribution is 6.30. The van der Waals surface area contributed by atoms with Crippen molar-refractivity contribution in [2.75, 3.05) is 24.1 Å². The van der Waals surface area contributed by atoms with Crippen molar-refractivity contribution in [3.05, 3.63) is 52.5 Å². The highest BCUT2D eigenvalue weighted by Crippen LogP contribution is 2.28. The third kappa shape index (κ3) is 3.42. The van der Waals surface area contributed by atoms with Crippen molar-refractivity contribution in [3.8, 4) is 0 Å². The number of halogens is 1. The van der Waals surface area contributed by atoms with Gasteiger partial charge in [0.1, 0.15) is 0 Å². The van der Waals surface area contributed by atoms with Crippen LogP contribution < -0.4 is 11.1 Å². The first-order chi connectivity index (χ1) is 11.0. The zero-order chi connectivity index (χ0) is 16.4. The minimum absolute atomic E-state index is 0.0314. The molecule has 0 bridgehead atoms. The summed E-state index contributed by atoms with van der Waals surface area (Å²) in [6.45, 7) is 3.60. The summed E-state index contributed by atoms with van der Waals surface area (Å²) in [4.78, 5) is 14.6. The Hall–Kier alpha value is -2.20. The van der Waals surface area contributed by atoms with Gasteiger partial charge in [0.2, 0.25) is 0 Å². The lowest BCUT2D eigenvalue weighted by atomic mass is 10.1. The first kappa shape index (κ1) is 15.7. The molecule has 120 valence electrons. The Morgan fingerprint density at radius 2 is 1.83 bits per heavy atom.